The normalized spacial score (nSPS) is 25.7. The van der Waals surface area contributed by atoms with Crippen LogP contribution in [0.5, 0.6) is 11.5 Å². The van der Waals surface area contributed by atoms with Crippen LogP contribution in [-0.2, 0) is 14.3 Å². The van der Waals surface area contributed by atoms with Gasteiger partial charge in [-0.1, -0.05) is 0 Å². The standard InChI is InChI=1S/C17H19NO8/c1-8-3-4-11(19)16(23)13(21)7-14(22)18-10-5-9(25-2)6-12(20)15(10)17(24)26-8/h3-6,8,13,16,20-21,23H,7H2,1-2H3,(H,18,22)/b4-3-/t8-,13+,16-/m1/s1. The van der Waals surface area contributed by atoms with Crippen LogP contribution in [0.4, 0.5) is 5.69 Å². The Labute approximate surface area is 148 Å². The highest BCUT2D eigenvalue weighted by Crippen LogP contribution is 2.33. The zero-order valence-corrected chi connectivity index (χ0v) is 14.1. The summed E-state index contributed by atoms with van der Waals surface area (Å²) in [7, 11) is 1.33. The summed E-state index contributed by atoms with van der Waals surface area (Å²) in [5.41, 5.74) is -0.402. The quantitative estimate of drug-likeness (QED) is 0.515. The predicted molar refractivity (Wildman–Crippen MR) is 88.9 cm³/mol. The van der Waals surface area contributed by atoms with Gasteiger partial charge in [0.15, 0.2) is 5.78 Å². The van der Waals surface area contributed by atoms with Crippen molar-refractivity contribution in [2.75, 3.05) is 12.4 Å². The molecule has 1 aromatic rings. The molecule has 2 rings (SSSR count). The van der Waals surface area contributed by atoms with Crippen molar-refractivity contribution in [3.05, 3.63) is 29.8 Å². The van der Waals surface area contributed by atoms with Crippen LogP contribution < -0.4 is 10.1 Å². The summed E-state index contributed by atoms with van der Waals surface area (Å²) in [5.74, 6) is -2.88. The Hall–Kier alpha value is -2.91. The first-order chi connectivity index (χ1) is 12.2. The summed E-state index contributed by atoms with van der Waals surface area (Å²) >= 11 is 0. The average molecular weight is 365 g/mol. The Bertz CT molecular complexity index is 757. The molecule has 140 valence electrons. The second-order valence-electron chi connectivity index (χ2n) is 5.71. The minimum absolute atomic E-state index is 0.0970. The molecule has 9 heteroatoms. The lowest BCUT2D eigenvalue weighted by atomic mass is 10.1. The van der Waals surface area contributed by atoms with Gasteiger partial charge in [-0.05, 0) is 19.1 Å². The van der Waals surface area contributed by atoms with E-state index in [0.29, 0.717) is 0 Å². The number of phenols is 1. The van der Waals surface area contributed by atoms with Crippen LogP contribution in [-0.4, -0.2) is 58.4 Å². The first-order valence-corrected chi connectivity index (χ1v) is 7.73. The van der Waals surface area contributed by atoms with Gasteiger partial charge in [0, 0.05) is 12.1 Å². The lowest BCUT2D eigenvalue weighted by molar-refractivity contribution is -0.130. The molecule has 0 saturated heterocycles. The summed E-state index contributed by atoms with van der Waals surface area (Å²) in [6.07, 6.45) is -2.77. The molecule has 0 radical (unpaired) electrons. The third-order valence-electron chi connectivity index (χ3n) is 3.68. The van der Waals surface area contributed by atoms with Crippen molar-refractivity contribution < 1.29 is 39.2 Å². The molecule has 4 N–H and O–H groups in total. The van der Waals surface area contributed by atoms with Gasteiger partial charge >= 0.3 is 5.97 Å². The Balaban J connectivity index is 2.49. The second-order valence-corrected chi connectivity index (χ2v) is 5.71. The molecule has 9 nitrogen and oxygen atoms in total. The number of aromatic hydroxyl groups is 1. The Morgan fingerprint density at radius 2 is 1.92 bits per heavy atom. The van der Waals surface area contributed by atoms with E-state index in [0.717, 1.165) is 6.08 Å². The zero-order chi connectivity index (χ0) is 19.4. The minimum atomic E-state index is -1.81. The maximum Gasteiger partial charge on any atom is 0.344 e. The van der Waals surface area contributed by atoms with Crippen molar-refractivity contribution >= 4 is 23.3 Å². The fraction of sp³-hybridized carbons (Fsp3) is 0.353. The fourth-order valence-corrected chi connectivity index (χ4v) is 2.32. The summed E-state index contributed by atoms with van der Waals surface area (Å²) < 4.78 is 10.1. The molecule has 0 fully saturated rings. The number of rotatable bonds is 1. The van der Waals surface area contributed by atoms with E-state index in [2.05, 4.69) is 5.32 Å². The van der Waals surface area contributed by atoms with Crippen molar-refractivity contribution in [2.24, 2.45) is 0 Å². The zero-order valence-electron chi connectivity index (χ0n) is 14.1. The molecule has 0 aromatic heterocycles. The van der Waals surface area contributed by atoms with E-state index in [9.17, 15) is 29.7 Å². The molecule has 0 aliphatic carbocycles. The molecule has 1 aromatic carbocycles. The molecule has 1 amide bonds. The molecule has 26 heavy (non-hydrogen) atoms. The van der Waals surface area contributed by atoms with Crippen molar-refractivity contribution in [1.29, 1.82) is 0 Å². The van der Waals surface area contributed by atoms with E-state index >= 15 is 0 Å². The topological polar surface area (TPSA) is 142 Å². The third-order valence-corrected chi connectivity index (χ3v) is 3.68. The largest absolute Gasteiger partial charge is 0.507 e. The first kappa shape index (κ1) is 19.4. The third kappa shape index (κ3) is 4.38. The van der Waals surface area contributed by atoms with E-state index < -0.39 is 48.1 Å². The van der Waals surface area contributed by atoms with E-state index in [1.807, 2.05) is 0 Å². The van der Waals surface area contributed by atoms with Crippen LogP contribution in [0.15, 0.2) is 24.3 Å². The van der Waals surface area contributed by atoms with Gasteiger partial charge in [-0.2, -0.15) is 0 Å². The molecule has 0 spiro atoms. The predicted octanol–water partition coefficient (Wildman–Crippen LogP) is 0.135. The molecule has 1 heterocycles. The number of carbonyl (C=O) groups is 3. The number of ketones is 1. The molecular formula is C17H19NO8. The van der Waals surface area contributed by atoms with Crippen LogP contribution >= 0.6 is 0 Å². The number of carbonyl (C=O) groups excluding carboxylic acids is 3. The fourth-order valence-electron chi connectivity index (χ4n) is 2.32. The summed E-state index contributed by atoms with van der Waals surface area (Å²) in [6, 6.07) is 2.47. The molecule has 1 aliphatic rings. The molecule has 0 saturated carbocycles. The number of fused-ring (bicyclic) bond motifs is 1. The van der Waals surface area contributed by atoms with Gasteiger partial charge in [-0.15, -0.1) is 0 Å². The van der Waals surface area contributed by atoms with Crippen molar-refractivity contribution in [3.63, 3.8) is 0 Å². The van der Waals surface area contributed by atoms with E-state index in [1.54, 1.807) is 0 Å². The summed E-state index contributed by atoms with van der Waals surface area (Å²) in [4.78, 5) is 36.3. The number of nitrogens with one attached hydrogen (secondary N) is 1. The molecule has 1 aliphatic heterocycles. The van der Waals surface area contributed by atoms with Gasteiger partial charge in [0.2, 0.25) is 5.91 Å². The van der Waals surface area contributed by atoms with Crippen LogP contribution in [0.3, 0.4) is 0 Å². The van der Waals surface area contributed by atoms with Gasteiger partial charge in [-0.25, -0.2) is 4.79 Å². The number of methoxy groups -OCH3 is 1. The smallest absolute Gasteiger partial charge is 0.344 e. The number of cyclic esters (lactones) is 1. The first-order valence-electron chi connectivity index (χ1n) is 7.73. The lowest BCUT2D eigenvalue weighted by Gasteiger charge is -2.17. The number of hydrogen-bond donors (Lipinski definition) is 4. The number of phenolic OH excluding ortho intramolecular Hbond substituents is 1. The number of aliphatic hydroxyl groups excluding tert-OH is 2. The van der Waals surface area contributed by atoms with Crippen molar-refractivity contribution in [3.8, 4) is 11.5 Å². The summed E-state index contributed by atoms with van der Waals surface area (Å²) in [6.45, 7) is 1.46. The van der Waals surface area contributed by atoms with Gasteiger partial charge in [0.1, 0.15) is 29.3 Å². The molecule has 0 unspecified atom stereocenters. The highest BCUT2D eigenvalue weighted by Gasteiger charge is 2.28. The Morgan fingerprint density at radius 3 is 2.58 bits per heavy atom. The number of hydrogen-bond acceptors (Lipinski definition) is 8. The number of benzene rings is 1. The number of ether oxygens (including phenoxy) is 2. The van der Waals surface area contributed by atoms with Gasteiger partial charge in [0.05, 0.1) is 25.3 Å². The average Bonchev–Trinajstić information content (AvgIpc) is 2.57. The van der Waals surface area contributed by atoms with Crippen molar-refractivity contribution in [2.45, 2.75) is 31.7 Å². The van der Waals surface area contributed by atoms with Gasteiger partial charge < -0.3 is 30.1 Å². The van der Waals surface area contributed by atoms with Gasteiger partial charge in [0.25, 0.3) is 0 Å². The maximum absolute atomic E-state index is 12.4. The summed E-state index contributed by atoms with van der Waals surface area (Å²) in [5, 5.41) is 32.1. The number of aliphatic hydroxyl groups is 2. The number of anilines is 1. The SMILES string of the molecule is COc1cc(O)c2c(c1)NC(=O)C[C@H](O)[C@H](O)C(=O)/C=C\[C@@H](C)OC2=O. The van der Waals surface area contributed by atoms with Crippen LogP contribution in [0.1, 0.15) is 23.7 Å². The minimum Gasteiger partial charge on any atom is -0.507 e. The molecule has 0 bridgehead atoms. The maximum atomic E-state index is 12.4. The Kier molecular flexibility index (Phi) is 5.96. The monoisotopic (exact) mass is 365 g/mol. The Morgan fingerprint density at radius 1 is 1.23 bits per heavy atom. The lowest BCUT2D eigenvalue weighted by Crippen LogP contribution is -2.36. The highest BCUT2D eigenvalue weighted by atomic mass is 16.5. The van der Waals surface area contributed by atoms with Crippen molar-refractivity contribution in [1.82, 2.24) is 0 Å². The number of amides is 1. The van der Waals surface area contributed by atoms with Crippen LogP contribution in [0, 0.1) is 0 Å². The van der Waals surface area contributed by atoms with Crippen LogP contribution in [0.2, 0.25) is 0 Å². The molecule has 3 atom stereocenters. The number of esters is 1. The highest BCUT2D eigenvalue weighted by molar-refractivity contribution is 6.04. The van der Waals surface area contributed by atoms with Crippen LogP contribution in [0.25, 0.3) is 0 Å². The van der Waals surface area contributed by atoms with Gasteiger partial charge in [-0.3, -0.25) is 9.59 Å². The second kappa shape index (κ2) is 7.98. The van der Waals surface area contributed by atoms with E-state index in [4.69, 9.17) is 9.47 Å². The molecular weight excluding hydrogens is 346 g/mol. The van der Waals surface area contributed by atoms with E-state index in [-0.39, 0.29) is 17.0 Å². The van der Waals surface area contributed by atoms with E-state index in [1.165, 1.54) is 32.2 Å².